The van der Waals surface area contributed by atoms with E-state index in [9.17, 15) is 4.79 Å². The Morgan fingerprint density at radius 2 is 2.25 bits per heavy atom. The van der Waals surface area contributed by atoms with Gasteiger partial charge in [-0.25, -0.2) is 9.78 Å². The van der Waals surface area contributed by atoms with Crippen molar-refractivity contribution in [1.29, 1.82) is 0 Å². The van der Waals surface area contributed by atoms with Gasteiger partial charge in [-0.3, -0.25) is 4.79 Å². The molecule has 108 valence electrons. The molecule has 1 aliphatic heterocycles. The minimum absolute atomic E-state index is 0.0264. The Labute approximate surface area is 126 Å². The topological polar surface area (TPSA) is 47.6 Å². The molecule has 4 nitrogen and oxygen atoms in total. The van der Waals surface area contributed by atoms with Crippen molar-refractivity contribution in [3.8, 4) is 0 Å². The Hall–Kier alpha value is -0.910. The number of amides is 1. The molecule has 1 heterocycles. The van der Waals surface area contributed by atoms with Gasteiger partial charge in [0, 0.05) is 11.2 Å². The second-order valence-electron chi connectivity index (χ2n) is 5.51. The van der Waals surface area contributed by atoms with Crippen LogP contribution in [0, 0.1) is 5.92 Å². The van der Waals surface area contributed by atoms with Gasteiger partial charge >= 0.3 is 0 Å². The van der Waals surface area contributed by atoms with Crippen LogP contribution in [-0.2, 0) is 14.6 Å². The molecule has 1 amide bonds. The Bertz CT molecular complexity index is 495. The lowest BCUT2D eigenvalue weighted by molar-refractivity contribution is -0.320. The van der Waals surface area contributed by atoms with E-state index < -0.39 is 5.60 Å². The SMILES string of the molecule is C[C@@H](NC(=O)C12CCC1C(CBr)OO2)c1ccccc1. The monoisotopic (exact) mass is 339 g/mol. The second kappa shape index (κ2) is 5.47. The Kier molecular flexibility index (Phi) is 3.84. The molecule has 0 spiro atoms. The van der Waals surface area contributed by atoms with Crippen molar-refractivity contribution in [2.75, 3.05) is 5.33 Å². The van der Waals surface area contributed by atoms with Gasteiger partial charge in [0.25, 0.3) is 5.91 Å². The molecule has 0 bridgehead atoms. The fourth-order valence-corrected chi connectivity index (χ4v) is 3.53. The van der Waals surface area contributed by atoms with Crippen LogP contribution in [0.1, 0.15) is 31.4 Å². The van der Waals surface area contributed by atoms with Crippen molar-refractivity contribution >= 4 is 21.8 Å². The Morgan fingerprint density at radius 3 is 2.85 bits per heavy atom. The molecule has 1 saturated heterocycles. The minimum atomic E-state index is -0.776. The van der Waals surface area contributed by atoms with Crippen LogP contribution in [0.15, 0.2) is 30.3 Å². The minimum Gasteiger partial charge on any atom is -0.347 e. The number of carbonyl (C=O) groups excluding carboxylic acids is 1. The van der Waals surface area contributed by atoms with E-state index in [4.69, 9.17) is 9.78 Å². The summed E-state index contributed by atoms with van der Waals surface area (Å²) >= 11 is 3.40. The number of hydrogen-bond donors (Lipinski definition) is 1. The molecule has 3 rings (SSSR count). The molecule has 0 aromatic heterocycles. The van der Waals surface area contributed by atoms with E-state index in [0.29, 0.717) is 5.33 Å². The lowest BCUT2D eigenvalue weighted by Gasteiger charge is -2.40. The molecule has 4 atom stereocenters. The van der Waals surface area contributed by atoms with Crippen LogP contribution in [0.2, 0.25) is 0 Å². The number of carbonyl (C=O) groups is 1. The van der Waals surface area contributed by atoms with E-state index in [1.165, 1.54) is 0 Å². The molecule has 1 aliphatic carbocycles. The number of halogens is 1. The molecule has 1 aromatic rings. The third-order valence-electron chi connectivity index (χ3n) is 4.38. The van der Waals surface area contributed by atoms with E-state index in [1.54, 1.807) is 0 Å². The fraction of sp³-hybridized carbons (Fsp3) is 0.533. The summed E-state index contributed by atoms with van der Waals surface area (Å²) in [6, 6.07) is 9.89. The van der Waals surface area contributed by atoms with Crippen LogP contribution in [0.4, 0.5) is 0 Å². The van der Waals surface area contributed by atoms with Crippen molar-refractivity contribution in [3.05, 3.63) is 35.9 Å². The standard InChI is InChI=1S/C15H18BrNO3/c1-10(11-5-3-2-4-6-11)17-14(18)15-8-7-12(15)13(9-16)19-20-15/h2-6,10,12-13H,7-9H2,1H3,(H,17,18)/t10-,12?,13?,15?/m1/s1. The summed E-state index contributed by atoms with van der Waals surface area (Å²) in [5.74, 6) is 0.0957. The number of nitrogens with one attached hydrogen (secondary N) is 1. The van der Waals surface area contributed by atoms with Crippen molar-refractivity contribution < 1.29 is 14.6 Å². The van der Waals surface area contributed by atoms with Gasteiger partial charge in [-0.2, -0.15) is 0 Å². The molecule has 3 unspecified atom stereocenters. The fourth-order valence-electron chi connectivity index (χ4n) is 2.97. The normalized spacial score (nSPS) is 33.1. The van der Waals surface area contributed by atoms with Crippen LogP contribution < -0.4 is 5.32 Å². The molecular formula is C15H18BrNO3. The van der Waals surface area contributed by atoms with E-state index in [1.807, 2.05) is 37.3 Å². The number of hydrogen-bond acceptors (Lipinski definition) is 3. The molecule has 0 radical (unpaired) electrons. The van der Waals surface area contributed by atoms with Crippen molar-refractivity contribution in [1.82, 2.24) is 5.32 Å². The molecule has 1 N–H and O–H groups in total. The van der Waals surface area contributed by atoms with Gasteiger partial charge in [0.05, 0.1) is 6.04 Å². The molecule has 1 aromatic carbocycles. The zero-order valence-corrected chi connectivity index (χ0v) is 12.9. The summed E-state index contributed by atoms with van der Waals surface area (Å²) in [5.41, 5.74) is 0.311. The molecule has 5 heteroatoms. The van der Waals surface area contributed by atoms with Crippen molar-refractivity contribution in [2.45, 2.75) is 37.5 Å². The summed E-state index contributed by atoms with van der Waals surface area (Å²) in [5, 5.41) is 3.74. The maximum Gasteiger partial charge on any atom is 0.256 e. The van der Waals surface area contributed by atoms with Crippen LogP contribution in [0.5, 0.6) is 0 Å². The first-order valence-corrected chi connectivity index (χ1v) is 8.06. The van der Waals surface area contributed by atoms with Crippen molar-refractivity contribution in [2.24, 2.45) is 5.92 Å². The third-order valence-corrected chi connectivity index (χ3v) is 5.02. The third kappa shape index (κ3) is 2.18. The van der Waals surface area contributed by atoms with Gasteiger partial charge in [0.2, 0.25) is 0 Å². The van der Waals surface area contributed by atoms with E-state index in [-0.39, 0.29) is 24.0 Å². The number of benzene rings is 1. The maximum atomic E-state index is 12.5. The van der Waals surface area contributed by atoms with Gasteiger partial charge in [-0.05, 0) is 25.3 Å². The van der Waals surface area contributed by atoms with Gasteiger partial charge in [-0.1, -0.05) is 46.3 Å². The average molecular weight is 340 g/mol. The maximum absolute atomic E-state index is 12.5. The molecule has 20 heavy (non-hydrogen) atoms. The largest absolute Gasteiger partial charge is 0.347 e. The van der Waals surface area contributed by atoms with E-state index in [2.05, 4.69) is 21.2 Å². The summed E-state index contributed by atoms with van der Waals surface area (Å²) in [6.07, 6.45) is 1.68. The Balaban J connectivity index is 1.68. The predicted molar refractivity (Wildman–Crippen MR) is 78.2 cm³/mol. The van der Waals surface area contributed by atoms with E-state index in [0.717, 1.165) is 18.4 Å². The summed E-state index contributed by atoms with van der Waals surface area (Å²) in [7, 11) is 0. The zero-order chi connectivity index (χ0) is 14.2. The highest BCUT2D eigenvalue weighted by atomic mass is 79.9. The highest BCUT2D eigenvalue weighted by Gasteiger charge is 2.63. The number of alkyl halides is 1. The highest BCUT2D eigenvalue weighted by molar-refractivity contribution is 9.09. The summed E-state index contributed by atoms with van der Waals surface area (Å²) in [6.45, 7) is 1.98. The predicted octanol–water partition coefficient (Wildman–Crippen LogP) is 2.74. The van der Waals surface area contributed by atoms with Crippen LogP contribution in [-0.4, -0.2) is 22.9 Å². The van der Waals surface area contributed by atoms with Gasteiger partial charge in [-0.15, -0.1) is 0 Å². The van der Waals surface area contributed by atoms with Gasteiger partial charge < -0.3 is 5.32 Å². The lowest BCUT2D eigenvalue weighted by atomic mass is 9.67. The molecule has 1 saturated carbocycles. The first-order chi connectivity index (χ1) is 9.67. The highest BCUT2D eigenvalue weighted by Crippen LogP contribution is 2.50. The number of rotatable bonds is 4. The van der Waals surface area contributed by atoms with Crippen molar-refractivity contribution in [3.63, 3.8) is 0 Å². The summed E-state index contributed by atoms with van der Waals surface area (Å²) in [4.78, 5) is 23.2. The molecule has 2 aliphatic rings. The van der Waals surface area contributed by atoms with Gasteiger partial charge in [0.15, 0.2) is 5.60 Å². The van der Waals surface area contributed by atoms with E-state index >= 15 is 0 Å². The van der Waals surface area contributed by atoms with Crippen LogP contribution >= 0.6 is 15.9 Å². The lowest BCUT2D eigenvalue weighted by Crippen LogP contribution is -2.58. The quantitative estimate of drug-likeness (QED) is 0.677. The summed E-state index contributed by atoms with van der Waals surface area (Å²) < 4.78 is 0. The molecular weight excluding hydrogens is 322 g/mol. The van der Waals surface area contributed by atoms with Crippen LogP contribution in [0.3, 0.4) is 0 Å². The Morgan fingerprint density at radius 1 is 1.50 bits per heavy atom. The first kappa shape index (κ1) is 14.0. The first-order valence-electron chi connectivity index (χ1n) is 6.94. The smallest absolute Gasteiger partial charge is 0.256 e. The molecule has 2 fully saturated rings. The second-order valence-corrected chi connectivity index (χ2v) is 6.16. The van der Waals surface area contributed by atoms with Crippen LogP contribution in [0.25, 0.3) is 0 Å². The van der Waals surface area contributed by atoms with Gasteiger partial charge in [0.1, 0.15) is 6.10 Å². The zero-order valence-electron chi connectivity index (χ0n) is 11.3. The number of fused-ring (bicyclic) bond motifs is 1. The average Bonchev–Trinajstić information content (AvgIpc) is 2.71.